The van der Waals surface area contributed by atoms with E-state index in [2.05, 4.69) is 19.9 Å². The Morgan fingerprint density at radius 2 is 1.92 bits per heavy atom. The fourth-order valence-corrected chi connectivity index (χ4v) is 2.87. The Morgan fingerprint density at radius 1 is 1.20 bits per heavy atom. The number of esters is 1. The van der Waals surface area contributed by atoms with Crippen molar-refractivity contribution in [3.63, 3.8) is 0 Å². The van der Waals surface area contributed by atoms with Crippen LogP contribution in [0.1, 0.15) is 32.9 Å². The molecule has 0 radical (unpaired) electrons. The van der Waals surface area contributed by atoms with Gasteiger partial charge in [0.25, 0.3) is 0 Å². The maximum Gasteiger partial charge on any atom is 0.338 e. The minimum Gasteiger partial charge on any atom is -0.465 e. The standard InChI is InChI=1S/C18H19N5O2/c1-12-8-15(9-21-22-10-19-20-11-22)14(3)23(12)17-7-5-6-16(13(17)2)18(24)25-4/h5-11H,1-4H3/b21-9+. The molecule has 0 fully saturated rings. The van der Waals surface area contributed by atoms with Crippen LogP contribution in [0.2, 0.25) is 0 Å². The molecular weight excluding hydrogens is 318 g/mol. The summed E-state index contributed by atoms with van der Waals surface area (Å²) < 4.78 is 8.51. The molecule has 0 aliphatic heterocycles. The number of methoxy groups -OCH3 is 1. The van der Waals surface area contributed by atoms with Crippen LogP contribution < -0.4 is 0 Å². The molecule has 0 saturated carbocycles. The average molecular weight is 337 g/mol. The van der Waals surface area contributed by atoms with E-state index in [1.807, 2.05) is 39.0 Å². The third kappa shape index (κ3) is 3.08. The molecule has 0 aliphatic rings. The first-order valence-electron chi connectivity index (χ1n) is 7.79. The largest absolute Gasteiger partial charge is 0.465 e. The minimum atomic E-state index is -0.337. The smallest absolute Gasteiger partial charge is 0.338 e. The summed E-state index contributed by atoms with van der Waals surface area (Å²) in [4.78, 5) is 12.0. The van der Waals surface area contributed by atoms with E-state index in [0.717, 1.165) is 28.2 Å². The van der Waals surface area contributed by atoms with Gasteiger partial charge in [-0.25, -0.2) is 9.47 Å². The number of carbonyl (C=O) groups excluding carboxylic acids is 1. The van der Waals surface area contributed by atoms with Gasteiger partial charge >= 0.3 is 5.97 Å². The molecular formula is C18H19N5O2. The van der Waals surface area contributed by atoms with Crippen molar-refractivity contribution in [3.8, 4) is 5.69 Å². The molecule has 3 rings (SSSR count). The monoisotopic (exact) mass is 337 g/mol. The zero-order chi connectivity index (χ0) is 18.0. The molecule has 0 unspecified atom stereocenters. The first-order chi connectivity index (χ1) is 12.0. The second kappa shape index (κ2) is 6.72. The summed E-state index contributed by atoms with van der Waals surface area (Å²) in [5.74, 6) is -0.337. The molecule has 7 heteroatoms. The molecule has 0 amide bonds. The lowest BCUT2D eigenvalue weighted by Gasteiger charge is -2.15. The molecule has 3 aromatic rings. The van der Waals surface area contributed by atoms with Crippen molar-refractivity contribution < 1.29 is 9.53 Å². The van der Waals surface area contributed by atoms with Gasteiger partial charge in [-0.1, -0.05) is 6.07 Å². The van der Waals surface area contributed by atoms with Gasteiger partial charge in [-0.15, -0.1) is 10.2 Å². The quantitative estimate of drug-likeness (QED) is 0.542. The molecule has 2 heterocycles. The third-order valence-corrected chi connectivity index (χ3v) is 4.16. The molecule has 0 atom stereocenters. The average Bonchev–Trinajstić information content (AvgIpc) is 3.21. The van der Waals surface area contributed by atoms with Crippen LogP contribution in [0.3, 0.4) is 0 Å². The minimum absolute atomic E-state index is 0.337. The number of benzene rings is 1. The van der Waals surface area contributed by atoms with Crippen LogP contribution in [-0.2, 0) is 4.74 Å². The molecule has 25 heavy (non-hydrogen) atoms. The molecule has 0 saturated heterocycles. The fourth-order valence-electron chi connectivity index (χ4n) is 2.87. The van der Waals surface area contributed by atoms with E-state index in [4.69, 9.17) is 4.74 Å². The third-order valence-electron chi connectivity index (χ3n) is 4.16. The highest BCUT2D eigenvalue weighted by Gasteiger charge is 2.16. The van der Waals surface area contributed by atoms with Gasteiger partial charge in [0, 0.05) is 22.6 Å². The Balaban J connectivity index is 2.06. The number of carbonyl (C=O) groups is 1. The van der Waals surface area contributed by atoms with E-state index in [1.165, 1.54) is 24.4 Å². The predicted molar refractivity (Wildman–Crippen MR) is 94.3 cm³/mol. The summed E-state index contributed by atoms with van der Waals surface area (Å²) in [6.07, 6.45) is 4.82. The molecule has 128 valence electrons. The number of aryl methyl sites for hydroxylation is 1. The van der Waals surface area contributed by atoms with Crippen molar-refractivity contribution in [2.45, 2.75) is 20.8 Å². The van der Waals surface area contributed by atoms with Gasteiger partial charge in [0.2, 0.25) is 0 Å². The lowest BCUT2D eigenvalue weighted by Crippen LogP contribution is -2.08. The van der Waals surface area contributed by atoms with Crippen LogP contribution in [0, 0.1) is 20.8 Å². The Kier molecular flexibility index (Phi) is 4.47. The van der Waals surface area contributed by atoms with Gasteiger partial charge in [-0.2, -0.15) is 5.10 Å². The number of hydrogen-bond donors (Lipinski definition) is 0. The van der Waals surface area contributed by atoms with Gasteiger partial charge in [0.1, 0.15) is 12.7 Å². The van der Waals surface area contributed by atoms with Crippen molar-refractivity contribution in [1.29, 1.82) is 0 Å². The topological polar surface area (TPSA) is 74.3 Å². The number of ether oxygens (including phenoxy) is 1. The van der Waals surface area contributed by atoms with E-state index in [9.17, 15) is 4.79 Å². The van der Waals surface area contributed by atoms with Gasteiger partial charge in [0.15, 0.2) is 0 Å². The highest BCUT2D eigenvalue weighted by atomic mass is 16.5. The second-order valence-corrected chi connectivity index (χ2v) is 5.69. The highest BCUT2D eigenvalue weighted by molar-refractivity contribution is 5.92. The Morgan fingerprint density at radius 3 is 2.60 bits per heavy atom. The zero-order valence-electron chi connectivity index (χ0n) is 14.6. The first-order valence-corrected chi connectivity index (χ1v) is 7.79. The van der Waals surface area contributed by atoms with Crippen LogP contribution in [-0.4, -0.2) is 38.7 Å². The molecule has 1 aromatic carbocycles. The van der Waals surface area contributed by atoms with Crippen LogP contribution in [0.5, 0.6) is 0 Å². The number of nitrogens with zero attached hydrogens (tertiary/aromatic N) is 5. The number of rotatable bonds is 4. The number of hydrogen-bond acceptors (Lipinski definition) is 5. The van der Waals surface area contributed by atoms with Gasteiger partial charge in [0.05, 0.1) is 18.9 Å². The number of aromatic nitrogens is 4. The molecule has 7 nitrogen and oxygen atoms in total. The lowest BCUT2D eigenvalue weighted by atomic mass is 10.1. The van der Waals surface area contributed by atoms with E-state index >= 15 is 0 Å². The van der Waals surface area contributed by atoms with Crippen LogP contribution >= 0.6 is 0 Å². The van der Waals surface area contributed by atoms with E-state index in [1.54, 1.807) is 12.3 Å². The molecule has 0 bridgehead atoms. The van der Waals surface area contributed by atoms with Crippen molar-refractivity contribution in [3.05, 3.63) is 65.0 Å². The summed E-state index contributed by atoms with van der Waals surface area (Å²) in [5, 5.41) is 11.8. The van der Waals surface area contributed by atoms with Crippen molar-refractivity contribution in [1.82, 2.24) is 19.4 Å². The van der Waals surface area contributed by atoms with E-state index < -0.39 is 0 Å². The predicted octanol–water partition coefficient (Wildman–Crippen LogP) is 2.66. The Labute approximate surface area is 145 Å². The normalized spacial score (nSPS) is 11.2. The maximum atomic E-state index is 12.0. The van der Waals surface area contributed by atoms with E-state index in [0.29, 0.717) is 5.56 Å². The van der Waals surface area contributed by atoms with Gasteiger partial charge < -0.3 is 9.30 Å². The SMILES string of the molecule is COC(=O)c1cccc(-n2c(C)cc(/C=N/n3cnnc3)c2C)c1C. The maximum absolute atomic E-state index is 12.0. The lowest BCUT2D eigenvalue weighted by molar-refractivity contribution is 0.0600. The fraction of sp³-hybridized carbons (Fsp3) is 0.222. The van der Waals surface area contributed by atoms with Crippen LogP contribution in [0.25, 0.3) is 5.69 Å². The Hall–Kier alpha value is -3.22. The summed E-state index contributed by atoms with van der Waals surface area (Å²) in [7, 11) is 1.39. The van der Waals surface area contributed by atoms with Crippen molar-refractivity contribution >= 4 is 12.2 Å². The second-order valence-electron chi connectivity index (χ2n) is 5.69. The summed E-state index contributed by atoms with van der Waals surface area (Å²) >= 11 is 0. The zero-order valence-corrected chi connectivity index (χ0v) is 14.6. The van der Waals surface area contributed by atoms with Crippen LogP contribution in [0.15, 0.2) is 42.0 Å². The van der Waals surface area contributed by atoms with Gasteiger partial charge in [-0.05, 0) is 44.5 Å². The molecule has 0 N–H and O–H groups in total. The van der Waals surface area contributed by atoms with E-state index in [-0.39, 0.29) is 5.97 Å². The molecule has 0 spiro atoms. The first kappa shape index (κ1) is 16.6. The Bertz CT molecular complexity index is 939. The van der Waals surface area contributed by atoms with Gasteiger partial charge in [-0.3, -0.25) is 0 Å². The summed E-state index contributed by atoms with van der Waals surface area (Å²) in [5.41, 5.74) is 5.44. The van der Waals surface area contributed by atoms with Crippen molar-refractivity contribution in [2.75, 3.05) is 7.11 Å². The molecule has 0 aliphatic carbocycles. The van der Waals surface area contributed by atoms with Crippen molar-refractivity contribution in [2.24, 2.45) is 5.10 Å². The summed E-state index contributed by atoms with van der Waals surface area (Å²) in [6.45, 7) is 5.96. The van der Waals surface area contributed by atoms with Crippen LogP contribution in [0.4, 0.5) is 0 Å². The molecule has 2 aromatic heterocycles. The highest BCUT2D eigenvalue weighted by Crippen LogP contribution is 2.25. The summed E-state index contributed by atoms with van der Waals surface area (Å²) in [6, 6.07) is 7.67.